The molecule has 0 spiro atoms. The fourth-order valence-electron chi connectivity index (χ4n) is 1.69. The molecule has 0 N–H and O–H groups in total. The van der Waals surface area contributed by atoms with E-state index in [4.69, 9.17) is 0 Å². The number of benzene rings is 1. The summed E-state index contributed by atoms with van der Waals surface area (Å²) >= 11 is 4.41. The molecule has 0 bridgehead atoms. The first-order chi connectivity index (χ1) is 10.7. The van der Waals surface area contributed by atoms with E-state index in [0.29, 0.717) is 10.1 Å². The maximum Gasteiger partial charge on any atom is 0.117 e. The second-order valence-corrected chi connectivity index (χ2v) is 28.0. The first-order valence-electron chi connectivity index (χ1n) is 9.01. The van der Waals surface area contributed by atoms with Gasteiger partial charge in [0.2, 0.25) is 0 Å². The summed E-state index contributed by atoms with van der Waals surface area (Å²) in [5.74, 6) is 2.32. The summed E-state index contributed by atoms with van der Waals surface area (Å²) in [5, 5.41) is 0.912. The molecule has 0 fully saturated rings. The van der Waals surface area contributed by atoms with Crippen LogP contribution in [-0.2, 0) is 11.5 Å². The minimum Gasteiger partial charge on any atom is -0.180 e. The van der Waals surface area contributed by atoms with E-state index in [1.165, 1.54) is 11.1 Å². The van der Waals surface area contributed by atoms with Gasteiger partial charge in [-0.15, -0.1) is 0 Å². The molecule has 0 aliphatic heterocycles. The van der Waals surface area contributed by atoms with Crippen LogP contribution >= 0.6 is 22.4 Å². The summed E-state index contributed by atoms with van der Waals surface area (Å²) in [4.78, 5) is 0. The molecule has 1 rings (SSSR count). The van der Waals surface area contributed by atoms with Gasteiger partial charge in [-0.1, -0.05) is 92.0 Å². The standard InChI is InChI=1S/C20H38S2Si2/c1-19(2,3)23(7,8)21-15-17-11-13-18(14-12-17)16-22-24(9,10)20(4,5)6/h11-14H,15-16H2,1-10H3. The zero-order chi connectivity index (χ0) is 18.8. The van der Waals surface area contributed by atoms with Gasteiger partial charge in [0.15, 0.2) is 0 Å². The second-order valence-electron chi connectivity index (χ2n) is 9.91. The van der Waals surface area contributed by atoms with Gasteiger partial charge in [0, 0.05) is 11.5 Å². The Labute approximate surface area is 161 Å². The average molecular weight is 399 g/mol. The van der Waals surface area contributed by atoms with E-state index in [1.807, 2.05) is 0 Å². The van der Waals surface area contributed by atoms with Gasteiger partial charge >= 0.3 is 0 Å². The lowest BCUT2D eigenvalue weighted by atomic mass is 10.2. The lowest BCUT2D eigenvalue weighted by Gasteiger charge is -2.36. The maximum absolute atomic E-state index is 2.50. The van der Waals surface area contributed by atoms with Gasteiger partial charge in [-0.05, 0) is 21.2 Å². The maximum atomic E-state index is 2.50. The highest BCUT2D eigenvalue weighted by molar-refractivity contribution is 8.28. The van der Waals surface area contributed by atoms with Crippen molar-refractivity contribution in [2.75, 3.05) is 0 Å². The number of rotatable bonds is 6. The van der Waals surface area contributed by atoms with Gasteiger partial charge in [0.25, 0.3) is 0 Å². The minimum absolute atomic E-state index is 0.456. The van der Waals surface area contributed by atoms with E-state index in [9.17, 15) is 0 Å². The van der Waals surface area contributed by atoms with E-state index in [0.717, 1.165) is 11.5 Å². The van der Waals surface area contributed by atoms with Crippen molar-refractivity contribution in [2.24, 2.45) is 0 Å². The van der Waals surface area contributed by atoms with E-state index in [1.54, 1.807) is 0 Å². The van der Waals surface area contributed by atoms with Crippen LogP contribution in [0.1, 0.15) is 52.7 Å². The van der Waals surface area contributed by atoms with Crippen molar-refractivity contribution in [3.8, 4) is 0 Å². The summed E-state index contributed by atoms with van der Waals surface area (Å²) < 4.78 is 0. The molecule has 0 unspecified atom stereocenters. The largest absolute Gasteiger partial charge is 0.180 e. The van der Waals surface area contributed by atoms with Crippen LogP contribution in [0.15, 0.2) is 24.3 Å². The molecule has 0 amide bonds. The zero-order valence-corrected chi connectivity index (χ0v) is 21.2. The second kappa shape index (κ2) is 7.93. The van der Waals surface area contributed by atoms with E-state index < -0.39 is 14.4 Å². The van der Waals surface area contributed by atoms with Gasteiger partial charge < -0.3 is 0 Å². The van der Waals surface area contributed by atoms with Crippen molar-refractivity contribution in [3.63, 3.8) is 0 Å². The van der Waals surface area contributed by atoms with Gasteiger partial charge in [0.1, 0.15) is 14.4 Å². The van der Waals surface area contributed by atoms with E-state index in [-0.39, 0.29) is 0 Å². The van der Waals surface area contributed by atoms with Crippen molar-refractivity contribution in [2.45, 2.75) is 89.3 Å². The normalized spacial score (nSPS) is 14.1. The lowest BCUT2D eigenvalue weighted by Crippen LogP contribution is -2.33. The Balaban J connectivity index is 2.61. The highest BCUT2D eigenvalue weighted by Gasteiger charge is 2.36. The number of hydrogen-bond donors (Lipinski definition) is 0. The van der Waals surface area contributed by atoms with Crippen molar-refractivity contribution in [3.05, 3.63) is 35.4 Å². The summed E-state index contributed by atoms with van der Waals surface area (Å²) in [7, 11) is -2.49. The lowest BCUT2D eigenvalue weighted by molar-refractivity contribution is 0.736. The Morgan fingerprint density at radius 2 is 0.875 bits per heavy atom. The third-order valence-corrected chi connectivity index (χ3v) is 24.3. The number of hydrogen-bond acceptors (Lipinski definition) is 2. The minimum atomic E-state index is -1.24. The van der Waals surface area contributed by atoms with Crippen LogP contribution in [0.3, 0.4) is 0 Å². The summed E-state index contributed by atoms with van der Waals surface area (Å²) in [6.07, 6.45) is 0. The molecular formula is C20H38S2Si2. The molecule has 0 aliphatic rings. The predicted molar refractivity (Wildman–Crippen MR) is 123 cm³/mol. The summed E-state index contributed by atoms with van der Waals surface area (Å²) in [6.45, 7) is 24.4. The zero-order valence-electron chi connectivity index (χ0n) is 17.5. The molecule has 1 aromatic rings. The molecule has 0 atom stereocenters. The molecular weight excluding hydrogens is 361 g/mol. The highest BCUT2D eigenvalue weighted by Crippen LogP contribution is 2.45. The average Bonchev–Trinajstić information content (AvgIpc) is 2.41. The van der Waals surface area contributed by atoms with Crippen LogP contribution < -0.4 is 0 Å². The fraction of sp³-hybridized carbons (Fsp3) is 0.700. The van der Waals surface area contributed by atoms with Crippen LogP contribution in [0.5, 0.6) is 0 Å². The third kappa shape index (κ3) is 6.26. The van der Waals surface area contributed by atoms with Crippen molar-refractivity contribution >= 4 is 36.9 Å². The first kappa shape index (κ1) is 22.4. The molecule has 1 aromatic carbocycles. The van der Waals surface area contributed by atoms with Crippen molar-refractivity contribution < 1.29 is 0 Å². The Hall–Kier alpha value is 0.354. The molecule has 138 valence electrons. The Kier molecular flexibility index (Phi) is 7.40. The smallest absolute Gasteiger partial charge is 0.117 e. The van der Waals surface area contributed by atoms with Crippen LogP contribution in [-0.4, -0.2) is 14.4 Å². The van der Waals surface area contributed by atoms with Crippen molar-refractivity contribution in [1.29, 1.82) is 0 Å². The van der Waals surface area contributed by atoms with Crippen LogP contribution in [0.25, 0.3) is 0 Å². The molecule has 0 nitrogen and oxygen atoms in total. The van der Waals surface area contributed by atoms with Gasteiger partial charge in [-0.3, -0.25) is 0 Å². The molecule has 0 saturated heterocycles. The Morgan fingerprint density at radius 3 is 1.08 bits per heavy atom. The third-order valence-electron chi connectivity index (χ3n) is 5.83. The molecule has 0 aromatic heterocycles. The van der Waals surface area contributed by atoms with Gasteiger partial charge in [-0.2, -0.15) is 22.4 Å². The topological polar surface area (TPSA) is 0 Å². The summed E-state index contributed by atoms with van der Waals surface area (Å²) in [5.41, 5.74) is 2.96. The molecule has 0 heterocycles. The predicted octanol–water partition coefficient (Wildman–Crippen LogP) is 8.16. The van der Waals surface area contributed by atoms with E-state index >= 15 is 0 Å². The van der Waals surface area contributed by atoms with Crippen LogP contribution in [0.2, 0.25) is 36.3 Å². The SMILES string of the molecule is CC(C)(C)[Si](C)(C)SCc1ccc(CS[Si](C)(C)C(C)(C)C)cc1. The fourth-order valence-corrected chi connectivity index (χ4v) is 9.76. The summed E-state index contributed by atoms with van der Waals surface area (Å²) in [6, 6.07) is 9.40. The molecule has 24 heavy (non-hydrogen) atoms. The molecule has 0 radical (unpaired) electrons. The van der Waals surface area contributed by atoms with Crippen molar-refractivity contribution in [1.82, 2.24) is 0 Å². The Morgan fingerprint density at radius 1 is 0.625 bits per heavy atom. The monoisotopic (exact) mass is 398 g/mol. The Bertz CT molecular complexity index is 471. The molecule has 0 saturated carbocycles. The van der Waals surface area contributed by atoms with Gasteiger partial charge in [-0.25, -0.2) is 0 Å². The highest BCUT2D eigenvalue weighted by atomic mass is 32.4. The quantitative estimate of drug-likeness (QED) is 0.443. The van der Waals surface area contributed by atoms with Crippen LogP contribution in [0, 0.1) is 0 Å². The molecule has 0 aliphatic carbocycles. The first-order valence-corrected chi connectivity index (χ1v) is 18.4. The van der Waals surface area contributed by atoms with Gasteiger partial charge in [0.05, 0.1) is 0 Å². The van der Waals surface area contributed by atoms with Crippen LogP contribution in [0.4, 0.5) is 0 Å². The van der Waals surface area contributed by atoms with E-state index in [2.05, 4.69) is 114 Å². The molecule has 4 heteroatoms.